The molecular weight excluding hydrogens is 484 g/mol. The molecule has 1 atom stereocenters. The van der Waals surface area contributed by atoms with Gasteiger partial charge >= 0.3 is 0 Å². The maximum Gasteiger partial charge on any atom is 0.290 e. The lowest BCUT2D eigenvalue weighted by molar-refractivity contribution is -0.130. The molecule has 1 aliphatic rings. The van der Waals surface area contributed by atoms with Crippen LogP contribution in [0.3, 0.4) is 0 Å². The topological polar surface area (TPSA) is 102 Å². The number of halogens is 1. The van der Waals surface area contributed by atoms with Crippen LogP contribution in [0.2, 0.25) is 5.02 Å². The Morgan fingerprint density at radius 1 is 1.08 bits per heavy atom. The number of hydrogen-bond acceptors (Lipinski definition) is 7. The third kappa shape index (κ3) is 4.05. The Bertz CT molecular complexity index is 1490. The molecule has 0 spiro atoms. The molecule has 1 amide bonds. The Kier molecular flexibility index (Phi) is 6.12. The summed E-state index contributed by atoms with van der Waals surface area (Å²) in [6.45, 7) is 0.155. The number of hydrogen-bond donors (Lipinski definition) is 1. The predicted molar refractivity (Wildman–Crippen MR) is 132 cm³/mol. The van der Waals surface area contributed by atoms with Crippen LogP contribution in [-0.4, -0.2) is 40.9 Å². The van der Waals surface area contributed by atoms with Crippen molar-refractivity contribution >= 4 is 34.3 Å². The fraction of sp³-hybridized carbons (Fsp3) is 0.148. The van der Waals surface area contributed by atoms with Crippen molar-refractivity contribution in [2.45, 2.75) is 12.6 Å². The number of nitrogens with zero attached hydrogens (tertiary/aromatic N) is 2. The van der Waals surface area contributed by atoms with E-state index in [1.54, 1.807) is 68.0 Å². The number of ketones is 1. The maximum atomic E-state index is 13.8. The second-order valence-corrected chi connectivity index (χ2v) is 8.63. The van der Waals surface area contributed by atoms with Crippen LogP contribution in [-0.2, 0) is 11.3 Å². The molecule has 3 heterocycles. The van der Waals surface area contributed by atoms with Gasteiger partial charge in [-0.05, 0) is 47.5 Å². The van der Waals surface area contributed by atoms with Gasteiger partial charge < -0.3 is 23.9 Å². The van der Waals surface area contributed by atoms with Crippen LogP contribution in [0.5, 0.6) is 11.5 Å². The first-order valence-corrected chi connectivity index (χ1v) is 11.4. The van der Waals surface area contributed by atoms with Gasteiger partial charge in [-0.15, -0.1) is 0 Å². The number of amides is 1. The van der Waals surface area contributed by atoms with Crippen LogP contribution in [0, 0.1) is 0 Å². The van der Waals surface area contributed by atoms with Gasteiger partial charge in [0.15, 0.2) is 22.9 Å². The van der Waals surface area contributed by atoms with E-state index in [-0.39, 0.29) is 17.9 Å². The molecule has 1 unspecified atom stereocenters. The van der Waals surface area contributed by atoms with Crippen LogP contribution in [0.4, 0.5) is 0 Å². The fourth-order valence-corrected chi connectivity index (χ4v) is 4.57. The molecule has 1 aliphatic heterocycles. The van der Waals surface area contributed by atoms with Crippen LogP contribution in [0.1, 0.15) is 27.7 Å². The molecule has 36 heavy (non-hydrogen) atoms. The van der Waals surface area contributed by atoms with Crippen molar-refractivity contribution in [2.24, 2.45) is 0 Å². The molecule has 0 radical (unpaired) electrons. The van der Waals surface area contributed by atoms with Crippen LogP contribution < -0.4 is 9.47 Å². The highest BCUT2D eigenvalue weighted by Gasteiger charge is 2.44. The van der Waals surface area contributed by atoms with Gasteiger partial charge in [0.05, 0.1) is 25.8 Å². The summed E-state index contributed by atoms with van der Waals surface area (Å²) in [6.07, 6.45) is 3.23. The van der Waals surface area contributed by atoms with Gasteiger partial charge in [-0.25, -0.2) is 0 Å². The molecule has 0 aliphatic carbocycles. The van der Waals surface area contributed by atoms with Gasteiger partial charge in [-0.3, -0.25) is 14.6 Å². The zero-order valence-corrected chi connectivity index (χ0v) is 20.2. The molecule has 2 aromatic heterocycles. The summed E-state index contributed by atoms with van der Waals surface area (Å²) in [7, 11) is 3.02. The van der Waals surface area contributed by atoms with Gasteiger partial charge in [0.2, 0.25) is 5.78 Å². The van der Waals surface area contributed by atoms with Crippen molar-refractivity contribution < 1.29 is 28.6 Å². The number of methoxy groups -OCH3 is 2. The standard InChI is InChI=1S/C27H21ClN2O6/c1-34-19-5-3-16(4-6-19)23-22(25(32)27(33)30(23)14-15-7-9-29-10-8-15)24(31)20-12-17-11-18(28)13-21(35-2)26(17)36-20/h3-13,23,32H,14H2,1-2H3. The molecular formula is C27H21ClN2O6. The van der Waals surface area contributed by atoms with Gasteiger partial charge in [-0.1, -0.05) is 23.7 Å². The molecule has 182 valence electrons. The summed E-state index contributed by atoms with van der Waals surface area (Å²) in [5, 5.41) is 11.9. The van der Waals surface area contributed by atoms with E-state index in [9.17, 15) is 14.7 Å². The average molecular weight is 505 g/mol. The third-order valence-corrected chi connectivity index (χ3v) is 6.29. The minimum absolute atomic E-state index is 0.0517. The Morgan fingerprint density at radius 2 is 1.81 bits per heavy atom. The van der Waals surface area contributed by atoms with Gasteiger partial charge in [0, 0.05) is 35.4 Å². The summed E-state index contributed by atoms with van der Waals surface area (Å²) in [5.41, 5.74) is 1.68. The summed E-state index contributed by atoms with van der Waals surface area (Å²) in [6, 6.07) is 14.4. The van der Waals surface area contributed by atoms with E-state index in [0.29, 0.717) is 33.1 Å². The minimum Gasteiger partial charge on any atom is -0.503 e. The van der Waals surface area contributed by atoms with E-state index in [0.717, 1.165) is 5.56 Å². The molecule has 8 nitrogen and oxygen atoms in total. The van der Waals surface area contributed by atoms with Crippen LogP contribution >= 0.6 is 11.6 Å². The van der Waals surface area contributed by atoms with E-state index >= 15 is 0 Å². The molecule has 2 aromatic carbocycles. The first-order valence-electron chi connectivity index (χ1n) is 11.0. The maximum absolute atomic E-state index is 13.8. The fourth-order valence-electron chi connectivity index (χ4n) is 4.35. The second-order valence-electron chi connectivity index (χ2n) is 8.19. The number of fused-ring (bicyclic) bond motifs is 1. The second kappa shape index (κ2) is 9.39. The number of Topliss-reactive ketones (excluding diaryl/α,β-unsaturated/α-hetero) is 1. The first-order chi connectivity index (χ1) is 17.4. The quantitative estimate of drug-likeness (QED) is 0.342. The number of ether oxygens (including phenoxy) is 2. The first kappa shape index (κ1) is 23.4. The predicted octanol–water partition coefficient (Wildman–Crippen LogP) is 5.28. The summed E-state index contributed by atoms with van der Waals surface area (Å²) in [5.74, 6) is -0.972. The Hall–Kier alpha value is -4.30. The van der Waals surface area contributed by atoms with Gasteiger partial charge in [-0.2, -0.15) is 0 Å². The molecule has 1 N–H and O–H groups in total. The summed E-state index contributed by atoms with van der Waals surface area (Å²) >= 11 is 6.16. The highest BCUT2D eigenvalue weighted by molar-refractivity contribution is 6.31. The highest BCUT2D eigenvalue weighted by Crippen LogP contribution is 2.41. The number of aliphatic hydroxyl groups excluding tert-OH is 1. The van der Waals surface area contributed by atoms with Crippen LogP contribution in [0.25, 0.3) is 11.0 Å². The van der Waals surface area contributed by atoms with E-state index in [4.69, 9.17) is 25.5 Å². The smallest absolute Gasteiger partial charge is 0.290 e. The lowest BCUT2D eigenvalue weighted by atomic mass is 9.94. The monoisotopic (exact) mass is 504 g/mol. The van der Waals surface area contributed by atoms with E-state index in [2.05, 4.69) is 4.98 Å². The van der Waals surface area contributed by atoms with Crippen molar-refractivity contribution in [2.75, 3.05) is 14.2 Å². The van der Waals surface area contributed by atoms with Crippen molar-refractivity contribution in [1.29, 1.82) is 0 Å². The van der Waals surface area contributed by atoms with E-state index < -0.39 is 23.5 Å². The Morgan fingerprint density at radius 3 is 2.47 bits per heavy atom. The lowest BCUT2D eigenvalue weighted by Crippen LogP contribution is -2.30. The number of rotatable bonds is 7. The normalized spacial score (nSPS) is 15.6. The third-order valence-electron chi connectivity index (χ3n) is 6.07. The number of benzene rings is 2. The molecule has 0 saturated heterocycles. The minimum atomic E-state index is -0.859. The van der Waals surface area contributed by atoms with Crippen LogP contribution in [0.15, 0.2) is 82.7 Å². The number of pyridine rings is 1. The van der Waals surface area contributed by atoms with Crippen molar-refractivity contribution in [1.82, 2.24) is 9.88 Å². The number of furan rings is 1. The Labute approximate surface area is 211 Å². The number of aromatic nitrogens is 1. The van der Waals surface area contributed by atoms with Gasteiger partial charge in [0.25, 0.3) is 5.91 Å². The Balaban J connectivity index is 1.61. The largest absolute Gasteiger partial charge is 0.503 e. The molecule has 0 saturated carbocycles. The molecule has 0 fully saturated rings. The summed E-state index contributed by atoms with van der Waals surface area (Å²) < 4.78 is 16.4. The lowest BCUT2D eigenvalue weighted by Gasteiger charge is -2.27. The molecule has 0 bridgehead atoms. The average Bonchev–Trinajstić information content (AvgIpc) is 3.43. The molecule has 5 rings (SSSR count). The van der Waals surface area contributed by atoms with Gasteiger partial charge in [0.1, 0.15) is 5.75 Å². The molecule has 9 heteroatoms. The molecule has 4 aromatic rings. The zero-order chi connectivity index (χ0) is 25.4. The van der Waals surface area contributed by atoms with Crippen molar-refractivity contribution in [3.8, 4) is 11.5 Å². The van der Waals surface area contributed by atoms with Crippen molar-refractivity contribution in [3.05, 3.63) is 100 Å². The van der Waals surface area contributed by atoms with E-state index in [1.165, 1.54) is 18.1 Å². The summed E-state index contributed by atoms with van der Waals surface area (Å²) in [4.78, 5) is 32.5. The zero-order valence-electron chi connectivity index (χ0n) is 19.4. The SMILES string of the molecule is COc1ccc(C2C(C(=O)c3cc4cc(Cl)cc(OC)c4o3)=C(O)C(=O)N2Cc2ccncc2)cc1. The van der Waals surface area contributed by atoms with E-state index in [1.807, 2.05) is 0 Å². The van der Waals surface area contributed by atoms with Crippen molar-refractivity contribution in [3.63, 3.8) is 0 Å². The highest BCUT2D eigenvalue weighted by atomic mass is 35.5. The number of carbonyl (C=O) groups is 2. The number of aliphatic hydroxyl groups is 1. The number of carbonyl (C=O) groups excluding carboxylic acids is 2.